The van der Waals surface area contributed by atoms with Gasteiger partial charge in [-0.25, -0.2) is 4.98 Å². The summed E-state index contributed by atoms with van der Waals surface area (Å²) in [5, 5.41) is 3.12. The van der Waals surface area contributed by atoms with Gasteiger partial charge in [0, 0.05) is 12.1 Å². The number of hydrogen-bond acceptors (Lipinski definition) is 2. The molecule has 0 aliphatic rings. The number of hydrogen-bond donors (Lipinski definition) is 2. The Labute approximate surface area is 87.5 Å². The van der Waals surface area contributed by atoms with Crippen molar-refractivity contribution in [2.24, 2.45) is 0 Å². The Morgan fingerprint density at radius 1 is 1.57 bits per heavy atom. The van der Waals surface area contributed by atoms with E-state index in [0.29, 0.717) is 0 Å². The van der Waals surface area contributed by atoms with Gasteiger partial charge in [0.05, 0.1) is 17.4 Å². The molecule has 0 unspecified atom stereocenters. The monoisotopic (exact) mass is 205 g/mol. The average Bonchev–Trinajstić information content (AvgIpc) is 2.64. The number of thiocarbonyl (C=S) groups is 1. The van der Waals surface area contributed by atoms with Crippen molar-refractivity contribution in [2.75, 3.05) is 6.54 Å². The Bertz CT molecular complexity index is 461. The molecule has 2 rings (SSSR count). The molecule has 0 aliphatic heterocycles. The zero-order valence-electron chi connectivity index (χ0n) is 7.87. The summed E-state index contributed by atoms with van der Waals surface area (Å²) in [5.74, 6) is 0. The molecule has 2 aromatic rings. The Balaban J connectivity index is 2.38. The number of rotatable bonds is 2. The third kappa shape index (κ3) is 1.61. The zero-order chi connectivity index (χ0) is 9.97. The highest BCUT2D eigenvalue weighted by Crippen LogP contribution is 2.11. The summed E-state index contributed by atoms with van der Waals surface area (Å²) in [6.45, 7) is 2.88. The highest BCUT2D eigenvalue weighted by Gasteiger charge is 2.01. The Hall–Kier alpha value is -1.42. The number of fused-ring (bicyclic) bond motifs is 1. The van der Waals surface area contributed by atoms with Crippen molar-refractivity contribution in [1.82, 2.24) is 15.3 Å². The first-order valence-corrected chi connectivity index (χ1v) is 4.93. The van der Waals surface area contributed by atoms with Crippen LogP contribution in [0.1, 0.15) is 12.5 Å². The molecular weight excluding hydrogens is 194 g/mol. The molecule has 1 heterocycles. The molecule has 0 bridgehead atoms. The lowest BCUT2D eigenvalue weighted by Gasteiger charge is -2.04. The molecule has 1 aromatic carbocycles. The standard InChI is InChI=1S/C10H11N3S/c1-2-11-10(14)7-3-4-8-9(5-7)13-6-12-8/h3-6H,2H2,1H3,(H,11,14)(H,12,13). The SMILES string of the molecule is CCNC(=S)c1ccc2nc[nH]c2c1. The molecule has 1 aromatic heterocycles. The van der Waals surface area contributed by atoms with Gasteiger partial charge in [0.15, 0.2) is 0 Å². The van der Waals surface area contributed by atoms with E-state index in [1.54, 1.807) is 6.33 Å². The molecule has 0 spiro atoms. The third-order valence-corrected chi connectivity index (χ3v) is 2.40. The molecule has 0 aliphatic carbocycles. The van der Waals surface area contributed by atoms with Crippen molar-refractivity contribution in [3.63, 3.8) is 0 Å². The van der Waals surface area contributed by atoms with Crippen LogP contribution in [0.25, 0.3) is 11.0 Å². The minimum atomic E-state index is 0.781. The first-order chi connectivity index (χ1) is 6.81. The summed E-state index contributed by atoms with van der Waals surface area (Å²) in [4.78, 5) is 7.99. The van der Waals surface area contributed by atoms with Crippen molar-refractivity contribution in [3.8, 4) is 0 Å². The Kier molecular flexibility index (Phi) is 2.45. The molecule has 0 saturated carbocycles. The van der Waals surface area contributed by atoms with Crippen molar-refractivity contribution >= 4 is 28.2 Å². The summed E-state index contributed by atoms with van der Waals surface area (Å²) < 4.78 is 0. The molecule has 0 fully saturated rings. The van der Waals surface area contributed by atoms with Crippen LogP contribution in [0.2, 0.25) is 0 Å². The number of aromatic amines is 1. The van der Waals surface area contributed by atoms with Crippen LogP contribution in [0.4, 0.5) is 0 Å². The van der Waals surface area contributed by atoms with Gasteiger partial charge >= 0.3 is 0 Å². The van der Waals surface area contributed by atoms with Gasteiger partial charge in [0.25, 0.3) is 0 Å². The Morgan fingerprint density at radius 2 is 2.43 bits per heavy atom. The minimum Gasteiger partial charge on any atom is -0.376 e. The largest absolute Gasteiger partial charge is 0.376 e. The summed E-state index contributed by atoms with van der Waals surface area (Å²) >= 11 is 5.21. The highest BCUT2D eigenvalue weighted by molar-refractivity contribution is 7.80. The maximum Gasteiger partial charge on any atom is 0.106 e. The van der Waals surface area contributed by atoms with Crippen LogP contribution in [0.3, 0.4) is 0 Å². The molecule has 14 heavy (non-hydrogen) atoms. The smallest absolute Gasteiger partial charge is 0.106 e. The predicted octanol–water partition coefficient (Wildman–Crippen LogP) is 1.85. The van der Waals surface area contributed by atoms with Crippen LogP contribution < -0.4 is 5.32 Å². The molecule has 0 atom stereocenters. The van der Waals surface area contributed by atoms with Crippen LogP contribution in [-0.2, 0) is 0 Å². The van der Waals surface area contributed by atoms with Crippen molar-refractivity contribution < 1.29 is 0 Å². The third-order valence-electron chi connectivity index (χ3n) is 2.02. The molecular formula is C10H11N3S. The second kappa shape index (κ2) is 3.75. The minimum absolute atomic E-state index is 0.781. The normalized spacial score (nSPS) is 10.4. The molecule has 72 valence electrons. The van der Waals surface area contributed by atoms with E-state index in [4.69, 9.17) is 12.2 Å². The van der Waals surface area contributed by atoms with Gasteiger partial charge in [0.1, 0.15) is 4.99 Å². The quantitative estimate of drug-likeness (QED) is 0.735. The first kappa shape index (κ1) is 9.15. The van der Waals surface area contributed by atoms with E-state index in [9.17, 15) is 0 Å². The molecule has 3 nitrogen and oxygen atoms in total. The molecule has 0 saturated heterocycles. The number of H-pyrrole nitrogens is 1. The van der Waals surface area contributed by atoms with Gasteiger partial charge in [-0.1, -0.05) is 12.2 Å². The molecule has 0 amide bonds. The molecule has 2 N–H and O–H groups in total. The van der Waals surface area contributed by atoms with Gasteiger partial charge in [-0.05, 0) is 25.1 Å². The number of nitrogens with zero attached hydrogens (tertiary/aromatic N) is 1. The fourth-order valence-corrected chi connectivity index (χ4v) is 1.61. The summed E-state index contributed by atoms with van der Waals surface area (Å²) in [6, 6.07) is 5.95. The van der Waals surface area contributed by atoms with E-state index in [2.05, 4.69) is 15.3 Å². The van der Waals surface area contributed by atoms with Crippen molar-refractivity contribution in [2.45, 2.75) is 6.92 Å². The lowest BCUT2D eigenvalue weighted by molar-refractivity contribution is 0.983. The van der Waals surface area contributed by atoms with Gasteiger partial charge in [-0.2, -0.15) is 0 Å². The van der Waals surface area contributed by atoms with Crippen LogP contribution in [-0.4, -0.2) is 21.5 Å². The van der Waals surface area contributed by atoms with Gasteiger partial charge < -0.3 is 10.3 Å². The average molecular weight is 205 g/mol. The van der Waals surface area contributed by atoms with E-state index in [1.807, 2.05) is 25.1 Å². The number of imidazole rings is 1. The topological polar surface area (TPSA) is 40.7 Å². The van der Waals surface area contributed by atoms with Crippen LogP contribution in [0, 0.1) is 0 Å². The highest BCUT2D eigenvalue weighted by atomic mass is 32.1. The van der Waals surface area contributed by atoms with E-state index in [-0.39, 0.29) is 0 Å². The van der Waals surface area contributed by atoms with Gasteiger partial charge in [0.2, 0.25) is 0 Å². The summed E-state index contributed by atoms with van der Waals surface area (Å²) in [6.07, 6.45) is 1.69. The second-order valence-corrected chi connectivity index (χ2v) is 3.40. The van der Waals surface area contributed by atoms with E-state index in [0.717, 1.165) is 28.1 Å². The first-order valence-electron chi connectivity index (χ1n) is 4.52. The van der Waals surface area contributed by atoms with E-state index >= 15 is 0 Å². The molecule has 4 heteroatoms. The van der Waals surface area contributed by atoms with Crippen LogP contribution in [0.5, 0.6) is 0 Å². The lowest BCUT2D eigenvalue weighted by atomic mass is 10.2. The van der Waals surface area contributed by atoms with Crippen molar-refractivity contribution in [1.29, 1.82) is 0 Å². The number of aromatic nitrogens is 2. The van der Waals surface area contributed by atoms with Gasteiger partial charge in [-0.15, -0.1) is 0 Å². The maximum atomic E-state index is 5.21. The fourth-order valence-electron chi connectivity index (χ4n) is 1.34. The predicted molar refractivity (Wildman–Crippen MR) is 61.5 cm³/mol. The summed E-state index contributed by atoms with van der Waals surface area (Å²) in [5.41, 5.74) is 3.01. The van der Waals surface area contributed by atoms with Crippen molar-refractivity contribution in [3.05, 3.63) is 30.1 Å². The Morgan fingerprint density at radius 3 is 3.21 bits per heavy atom. The summed E-state index contributed by atoms with van der Waals surface area (Å²) in [7, 11) is 0. The van der Waals surface area contributed by atoms with Crippen LogP contribution >= 0.6 is 12.2 Å². The van der Waals surface area contributed by atoms with Crippen LogP contribution in [0.15, 0.2) is 24.5 Å². The fraction of sp³-hybridized carbons (Fsp3) is 0.200. The number of nitrogens with one attached hydrogen (secondary N) is 2. The number of benzene rings is 1. The van der Waals surface area contributed by atoms with Gasteiger partial charge in [-0.3, -0.25) is 0 Å². The lowest BCUT2D eigenvalue weighted by Crippen LogP contribution is -2.21. The maximum absolute atomic E-state index is 5.21. The molecule has 0 radical (unpaired) electrons. The second-order valence-electron chi connectivity index (χ2n) is 2.99. The van der Waals surface area contributed by atoms with E-state index < -0.39 is 0 Å². The zero-order valence-corrected chi connectivity index (χ0v) is 8.69. The van der Waals surface area contributed by atoms with E-state index in [1.165, 1.54) is 0 Å².